The summed E-state index contributed by atoms with van der Waals surface area (Å²) < 4.78 is 74.4. The fourth-order valence-electron chi connectivity index (χ4n) is 5.50. The number of thioether (sulfide) groups is 1. The molecule has 2 bridgehead atoms. The van der Waals surface area contributed by atoms with Gasteiger partial charge in [0.15, 0.2) is 17.8 Å². The first-order valence-corrected chi connectivity index (χ1v) is 15.0. The van der Waals surface area contributed by atoms with Crippen LogP contribution in [-0.4, -0.2) is 76.9 Å². The van der Waals surface area contributed by atoms with Gasteiger partial charge < -0.3 is 19.1 Å². The van der Waals surface area contributed by atoms with Crippen molar-refractivity contribution in [2.75, 3.05) is 38.1 Å². The molecule has 5 rings (SSSR count). The number of anilines is 1. The lowest BCUT2D eigenvalue weighted by Gasteiger charge is -2.42. The number of fused-ring (bicyclic) bond motifs is 3. The Balaban J connectivity index is 1.58. The molecule has 3 aromatic rings. The van der Waals surface area contributed by atoms with Gasteiger partial charge in [0.2, 0.25) is 0 Å². The first kappa shape index (κ1) is 31.3. The quantitative estimate of drug-likeness (QED) is 0.125. The summed E-state index contributed by atoms with van der Waals surface area (Å²) in [4.78, 5) is 29.7. The zero-order chi connectivity index (χ0) is 31.3. The van der Waals surface area contributed by atoms with Crippen molar-refractivity contribution in [3.05, 3.63) is 34.7 Å². The van der Waals surface area contributed by atoms with Gasteiger partial charge in [-0.3, -0.25) is 9.88 Å². The highest BCUT2D eigenvalue weighted by Crippen LogP contribution is 2.45. The molecular formula is C28H30ClF4N5O4S. The molecule has 2 fully saturated rings. The molecule has 0 aliphatic carbocycles. The van der Waals surface area contributed by atoms with Gasteiger partial charge in [0.25, 0.3) is 0 Å². The van der Waals surface area contributed by atoms with E-state index in [4.69, 9.17) is 25.8 Å². The average Bonchev–Trinajstić information content (AvgIpc) is 3.19. The zero-order valence-electron chi connectivity index (χ0n) is 24.1. The maximum Gasteiger partial charge on any atom is 0.418 e. The normalized spacial score (nSPS) is 18.8. The molecule has 1 amide bonds. The van der Waals surface area contributed by atoms with E-state index in [1.54, 1.807) is 11.2 Å². The van der Waals surface area contributed by atoms with Crippen molar-refractivity contribution in [3.63, 3.8) is 0 Å². The first-order valence-electron chi connectivity index (χ1n) is 13.4. The number of piperazine rings is 1. The largest absolute Gasteiger partial charge is 0.467 e. The highest BCUT2D eigenvalue weighted by molar-refractivity contribution is 7.98. The van der Waals surface area contributed by atoms with E-state index < -0.39 is 39.4 Å². The Labute approximate surface area is 254 Å². The third-order valence-electron chi connectivity index (χ3n) is 7.16. The molecule has 232 valence electrons. The Morgan fingerprint density at radius 3 is 2.40 bits per heavy atom. The van der Waals surface area contributed by atoms with Gasteiger partial charge in [-0.25, -0.2) is 19.2 Å². The van der Waals surface area contributed by atoms with Crippen LogP contribution in [0.5, 0.6) is 5.75 Å². The summed E-state index contributed by atoms with van der Waals surface area (Å²) in [5, 5.41) is -0.216. The Kier molecular flexibility index (Phi) is 8.58. The highest BCUT2D eigenvalue weighted by Gasteiger charge is 2.45. The van der Waals surface area contributed by atoms with Crippen LogP contribution in [0.4, 0.5) is 28.2 Å². The van der Waals surface area contributed by atoms with Crippen molar-refractivity contribution >= 4 is 46.2 Å². The maximum absolute atomic E-state index is 16.3. The van der Waals surface area contributed by atoms with E-state index in [0.717, 1.165) is 25.0 Å². The number of benzene rings is 1. The molecule has 2 aliphatic rings. The van der Waals surface area contributed by atoms with Crippen LogP contribution in [0.15, 0.2) is 23.5 Å². The summed E-state index contributed by atoms with van der Waals surface area (Å²) in [7, 11) is 1.35. The first-order chi connectivity index (χ1) is 20.2. The lowest BCUT2D eigenvalue weighted by Crippen LogP contribution is -2.57. The fraction of sp³-hybridized carbons (Fsp3) is 0.500. The number of aromatic nitrogens is 3. The predicted molar refractivity (Wildman–Crippen MR) is 154 cm³/mol. The van der Waals surface area contributed by atoms with Crippen LogP contribution < -0.4 is 9.64 Å². The summed E-state index contributed by atoms with van der Waals surface area (Å²) >= 11 is 7.20. The van der Waals surface area contributed by atoms with Crippen LogP contribution in [-0.2, 0) is 15.7 Å². The predicted octanol–water partition coefficient (Wildman–Crippen LogP) is 6.80. The number of pyridine rings is 1. The smallest absolute Gasteiger partial charge is 0.418 e. The number of nitrogens with zero attached hydrogens (tertiary/aromatic N) is 5. The zero-order valence-corrected chi connectivity index (χ0v) is 25.7. The number of alkyl halides is 3. The van der Waals surface area contributed by atoms with Crippen LogP contribution in [0.3, 0.4) is 0 Å². The molecule has 0 N–H and O–H groups in total. The lowest BCUT2D eigenvalue weighted by molar-refractivity contribution is -0.137. The minimum atomic E-state index is -4.91. The number of amides is 1. The monoisotopic (exact) mass is 643 g/mol. The third-order valence-corrected chi connectivity index (χ3v) is 8.00. The molecule has 2 unspecified atom stereocenters. The van der Waals surface area contributed by atoms with Crippen molar-refractivity contribution in [2.45, 2.75) is 62.6 Å². The lowest BCUT2D eigenvalue weighted by atomic mass is 10.0. The second-order valence-electron chi connectivity index (χ2n) is 11.3. The van der Waals surface area contributed by atoms with Crippen LogP contribution in [0.2, 0.25) is 5.02 Å². The minimum Gasteiger partial charge on any atom is -0.467 e. The van der Waals surface area contributed by atoms with E-state index >= 15 is 4.39 Å². The van der Waals surface area contributed by atoms with Gasteiger partial charge in [-0.05, 0) is 52.0 Å². The summed E-state index contributed by atoms with van der Waals surface area (Å²) in [6, 6.07) is 1.71. The number of carbonyl (C=O) groups is 1. The summed E-state index contributed by atoms with van der Waals surface area (Å²) in [6.07, 6.45) is -0.788. The molecule has 0 radical (unpaired) electrons. The summed E-state index contributed by atoms with van der Waals surface area (Å²) in [5.41, 5.74) is -3.26. The van der Waals surface area contributed by atoms with Crippen LogP contribution in [0.1, 0.15) is 39.2 Å². The van der Waals surface area contributed by atoms with Gasteiger partial charge in [-0.2, -0.15) is 13.2 Å². The van der Waals surface area contributed by atoms with Crippen molar-refractivity contribution in [3.8, 4) is 17.0 Å². The summed E-state index contributed by atoms with van der Waals surface area (Å²) in [6.45, 7) is 5.99. The van der Waals surface area contributed by atoms with Crippen molar-refractivity contribution in [1.82, 2.24) is 19.9 Å². The SMILES string of the molecule is COCOc1cc(Cl)c(C(F)(F)F)c(-c2ncc3c(N4CC5CCC(C4)N5C(=O)OC(C)(C)C)nc(SC)nc3c2F)c1. The number of ether oxygens (including phenoxy) is 3. The molecule has 2 aromatic heterocycles. The van der Waals surface area contributed by atoms with Crippen molar-refractivity contribution in [2.24, 2.45) is 0 Å². The molecule has 0 saturated carbocycles. The second kappa shape index (κ2) is 11.8. The third kappa shape index (κ3) is 6.27. The van der Waals surface area contributed by atoms with Gasteiger partial charge in [-0.1, -0.05) is 23.4 Å². The van der Waals surface area contributed by atoms with E-state index in [1.165, 1.54) is 25.1 Å². The number of hydrogen-bond acceptors (Lipinski definition) is 9. The van der Waals surface area contributed by atoms with E-state index in [2.05, 4.69) is 15.0 Å². The molecule has 2 atom stereocenters. The highest BCUT2D eigenvalue weighted by atomic mass is 35.5. The standard InChI is InChI=1S/C28H30ClF4N5O4S/c1-27(2,3)42-26(39)38-14-6-7-15(38)12-37(11-14)24-18-10-34-22(21(30)23(18)35-25(36-24)43-5)17-8-16(41-13-40-4)9-19(29)20(17)28(31,32)33/h8-10,14-15H,6-7,11-13H2,1-5H3. The second-order valence-corrected chi connectivity index (χ2v) is 12.5. The Bertz CT molecular complexity index is 1540. The molecule has 2 saturated heterocycles. The number of carbonyl (C=O) groups excluding carboxylic acids is 1. The Morgan fingerprint density at radius 2 is 1.81 bits per heavy atom. The summed E-state index contributed by atoms with van der Waals surface area (Å²) in [5.74, 6) is -0.723. The fourth-order valence-corrected chi connectivity index (χ4v) is 6.17. The number of halogens is 5. The van der Waals surface area contributed by atoms with Gasteiger partial charge in [0.05, 0.1) is 28.1 Å². The van der Waals surface area contributed by atoms with Gasteiger partial charge in [0, 0.05) is 32.0 Å². The molecule has 1 aromatic carbocycles. The van der Waals surface area contributed by atoms with Gasteiger partial charge in [-0.15, -0.1) is 0 Å². The minimum absolute atomic E-state index is 0.0531. The molecular weight excluding hydrogens is 614 g/mol. The number of methoxy groups -OCH3 is 1. The van der Waals surface area contributed by atoms with E-state index in [-0.39, 0.29) is 46.8 Å². The van der Waals surface area contributed by atoms with E-state index in [9.17, 15) is 18.0 Å². The average molecular weight is 644 g/mol. The van der Waals surface area contributed by atoms with Crippen molar-refractivity contribution < 1.29 is 36.6 Å². The maximum atomic E-state index is 16.3. The van der Waals surface area contributed by atoms with Crippen LogP contribution in [0, 0.1) is 5.82 Å². The van der Waals surface area contributed by atoms with Crippen molar-refractivity contribution in [1.29, 1.82) is 0 Å². The molecule has 2 aliphatic heterocycles. The number of rotatable bonds is 6. The molecule has 0 spiro atoms. The molecule has 4 heterocycles. The molecule has 15 heteroatoms. The Morgan fingerprint density at radius 1 is 1.14 bits per heavy atom. The van der Waals surface area contributed by atoms with Crippen LogP contribution in [0.25, 0.3) is 22.2 Å². The van der Waals surface area contributed by atoms with Gasteiger partial charge >= 0.3 is 12.3 Å². The number of hydrogen-bond donors (Lipinski definition) is 0. The van der Waals surface area contributed by atoms with Gasteiger partial charge in [0.1, 0.15) is 28.4 Å². The molecule has 43 heavy (non-hydrogen) atoms. The van der Waals surface area contributed by atoms with E-state index in [1.807, 2.05) is 25.7 Å². The van der Waals surface area contributed by atoms with Crippen LogP contribution >= 0.6 is 23.4 Å². The topological polar surface area (TPSA) is 89.9 Å². The Hall–Kier alpha value is -3.10. The molecule has 9 nitrogen and oxygen atoms in total. The van der Waals surface area contributed by atoms with E-state index in [0.29, 0.717) is 18.9 Å².